The average Bonchev–Trinajstić information content (AvgIpc) is 3.21. The van der Waals surface area contributed by atoms with Gasteiger partial charge in [-0.25, -0.2) is 4.68 Å². The van der Waals surface area contributed by atoms with Gasteiger partial charge in [0.2, 0.25) is 0 Å². The Morgan fingerprint density at radius 2 is 1.95 bits per heavy atom. The summed E-state index contributed by atoms with van der Waals surface area (Å²) in [4.78, 5) is 0. The number of hydrogen-bond donors (Lipinski definition) is 1. The van der Waals surface area contributed by atoms with Crippen LogP contribution in [-0.2, 0) is 0 Å². The van der Waals surface area contributed by atoms with Gasteiger partial charge in [-0.05, 0) is 25.0 Å². The third-order valence-electron chi connectivity index (χ3n) is 3.47. The lowest BCUT2D eigenvalue weighted by molar-refractivity contribution is 0.171. The van der Waals surface area contributed by atoms with Gasteiger partial charge in [0.05, 0.1) is 11.4 Å². The van der Waals surface area contributed by atoms with Crippen LogP contribution in [0.4, 0.5) is 5.82 Å². The first-order chi connectivity index (χ1) is 9.33. The van der Waals surface area contributed by atoms with Gasteiger partial charge < -0.3 is 15.2 Å². The maximum Gasteiger partial charge on any atom is 0.169 e. The van der Waals surface area contributed by atoms with E-state index in [9.17, 15) is 0 Å². The fourth-order valence-electron chi connectivity index (χ4n) is 2.39. The van der Waals surface area contributed by atoms with Crippen molar-refractivity contribution in [1.29, 1.82) is 0 Å². The second-order valence-electron chi connectivity index (χ2n) is 4.87. The standard InChI is InChI=1S/C13H14N4O2/c14-13-12(8-1-2-8)17(16-15-13)9-3-4-10-11(7-9)19-6-5-18-10/h3-4,7-8H,1-2,5-6,14H2. The highest BCUT2D eigenvalue weighted by Gasteiger charge is 2.31. The van der Waals surface area contributed by atoms with Crippen LogP contribution in [0.25, 0.3) is 5.69 Å². The molecule has 1 aliphatic carbocycles. The van der Waals surface area contributed by atoms with Gasteiger partial charge in [0, 0.05) is 12.0 Å². The van der Waals surface area contributed by atoms with E-state index in [2.05, 4.69) is 10.3 Å². The number of fused-ring (bicyclic) bond motifs is 1. The smallest absolute Gasteiger partial charge is 0.169 e. The van der Waals surface area contributed by atoms with E-state index in [0.29, 0.717) is 24.9 Å². The third-order valence-corrected chi connectivity index (χ3v) is 3.47. The number of ether oxygens (including phenoxy) is 2. The molecule has 2 N–H and O–H groups in total. The maximum atomic E-state index is 5.91. The lowest BCUT2D eigenvalue weighted by atomic mass is 10.2. The summed E-state index contributed by atoms with van der Waals surface area (Å²) < 4.78 is 12.9. The molecule has 1 fully saturated rings. The van der Waals surface area contributed by atoms with Gasteiger partial charge in [-0.2, -0.15) is 0 Å². The summed E-state index contributed by atoms with van der Waals surface area (Å²) in [6.45, 7) is 1.17. The molecule has 2 heterocycles. The van der Waals surface area contributed by atoms with Crippen LogP contribution in [0, 0.1) is 0 Å². The van der Waals surface area contributed by atoms with Crippen LogP contribution in [0.5, 0.6) is 11.5 Å². The second kappa shape index (κ2) is 3.88. The minimum absolute atomic E-state index is 0.489. The molecule has 1 aromatic heterocycles. The van der Waals surface area contributed by atoms with Gasteiger partial charge in [-0.3, -0.25) is 0 Å². The van der Waals surface area contributed by atoms with Crippen LogP contribution in [-0.4, -0.2) is 28.2 Å². The van der Waals surface area contributed by atoms with E-state index in [1.165, 1.54) is 0 Å². The van der Waals surface area contributed by atoms with Crippen molar-refractivity contribution in [3.05, 3.63) is 23.9 Å². The molecule has 98 valence electrons. The molecule has 0 radical (unpaired) electrons. The van der Waals surface area contributed by atoms with Crippen molar-refractivity contribution in [1.82, 2.24) is 15.0 Å². The number of benzene rings is 1. The van der Waals surface area contributed by atoms with Crippen LogP contribution in [0.3, 0.4) is 0 Å². The molecular formula is C13H14N4O2. The third kappa shape index (κ3) is 1.71. The van der Waals surface area contributed by atoms with E-state index in [1.807, 2.05) is 22.9 Å². The highest BCUT2D eigenvalue weighted by atomic mass is 16.6. The largest absolute Gasteiger partial charge is 0.486 e. The summed E-state index contributed by atoms with van der Waals surface area (Å²) in [6.07, 6.45) is 2.31. The topological polar surface area (TPSA) is 75.2 Å². The quantitative estimate of drug-likeness (QED) is 0.883. The highest BCUT2D eigenvalue weighted by molar-refractivity contribution is 5.52. The fraction of sp³-hybridized carbons (Fsp3) is 0.385. The number of anilines is 1. The summed E-state index contributed by atoms with van der Waals surface area (Å²) in [5.74, 6) is 2.54. The average molecular weight is 258 g/mol. The summed E-state index contributed by atoms with van der Waals surface area (Å²) in [5, 5.41) is 8.13. The molecular weight excluding hydrogens is 244 g/mol. The molecule has 0 saturated heterocycles. The molecule has 0 atom stereocenters. The monoisotopic (exact) mass is 258 g/mol. The Balaban J connectivity index is 1.80. The Morgan fingerprint density at radius 1 is 1.16 bits per heavy atom. The van der Waals surface area contributed by atoms with Crippen LogP contribution in [0.15, 0.2) is 18.2 Å². The van der Waals surface area contributed by atoms with Crippen molar-refractivity contribution >= 4 is 5.82 Å². The Hall–Kier alpha value is -2.24. The van der Waals surface area contributed by atoms with E-state index >= 15 is 0 Å². The Morgan fingerprint density at radius 3 is 2.74 bits per heavy atom. The fourth-order valence-corrected chi connectivity index (χ4v) is 2.39. The molecule has 4 rings (SSSR count). The molecule has 0 bridgehead atoms. The first kappa shape index (κ1) is 10.7. The lowest BCUT2D eigenvalue weighted by Crippen LogP contribution is -2.15. The zero-order chi connectivity index (χ0) is 12.8. The van der Waals surface area contributed by atoms with E-state index in [-0.39, 0.29) is 0 Å². The number of nitrogen functional groups attached to an aromatic ring is 1. The molecule has 19 heavy (non-hydrogen) atoms. The van der Waals surface area contributed by atoms with E-state index < -0.39 is 0 Å². The molecule has 0 unspecified atom stereocenters. The van der Waals surface area contributed by atoms with Crippen LogP contribution < -0.4 is 15.2 Å². The SMILES string of the molecule is Nc1nnn(-c2ccc3c(c2)OCCO3)c1C1CC1. The molecule has 2 aromatic rings. The second-order valence-corrected chi connectivity index (χ2v) is 4.87. The zero-order valence-electron chi connectivity index (χ0n) is 10.4. The van der Waals surface area contributed by atoms with Gasteiger partial charge >= 0.3 is 0 Å². The summed E-state index contributed by atoms with van der Waals surface area (Å²) in [5.41, 5.74) is 7.83. The van der Waals surface area contributed by atoms with E-state index in [1.54, 1.807) is 0 Å². The van der Waals surface area contributed by atoms with Crippen molar-refractivity contribution < 1.29 is 9.47 Å². The van der Waals surface area contributed by atoms with Gasteiger partial charge in [-0.15, -0.1) is 5.10 Å². The Labute approximate surface area is 110 Å². The maximum absolute atomic E-state index is 5.91. The molecule has 0 spiro atoms. The minimum Gasteiger partial charge on any atom is -0.486 e. The van der Waals surface area contributed by atoms with Gasteiger partial charge in [0.1, 0.15) is 13.2 Å². The molecule has 1 aromatic carbocycles. The molecule has 2 aliphatic rings. The number of hydrogen-bond acceptors (Lipinski definition) is 5. The van der Waals surface area contributed by atoms with Gasteiger partial charge in [0.15, 0.2) is 17.3 Å². The van der Waals surface area contributed by atoms with E-state index in [0.717, 1.165) is 35.7 Å². The predicted octanol–water partition coefficient (Wildman–Crippen LogP) is 1.50. The zero-order valence-corrected chi connectivity index (χ0v) is 10.4. The number of nitrogens with zero attached hydrogens (tertiary/aromatic N) is 3. The van der Waals surface area contributed by atoms with Crippen molar-refractivity contribution in [3.8, 4) is 17.2 Å². The van der Waals surface area contributed by atoms with Crippen LogP contribution >= 0.6 is 0 Å². The van der Waals surface area contributed by atoms with Crippen molar-refractivity contribution in [3.63, 3.8) is 0 Å². The summed E-state index contributed by atoms with van der Waals surface area (Å²) >= 11 is 0. The molecule has 0 amide bonds. The number of aromatic nitrogens is 3. The van der Waals surface area contributed by atoms with Crippen molar-refractivity contribution in [2.45, 2.75) is 18.8 Å². The molecule has 1 saturated carbocycles. The van der Waals surface area contributed by atoms with Crippen molar-refractivity contribution in [2.75, 3.05) is 18.9 Å². The Bertz CT molecular complexity index is 634. The van der Waals surface area contributed by atoms with E-state index in [4.69, 9.17) is 15.2 Å². The van der Waals surface area contributed by atoms with Crippen LogP contribution in [0.2, 0.25) is 0 Å². The van der Waals surface area contributed by atoms with Gasteiger partial charge in [-0.1, -0.05) is 5.21 Å². The predicted molar refractivity (Wildman–Crippen MR) is 68.7 cm³/mol. The molecule has 6 nitrogen and oxygen atoms in total. The Kier molecular flexibility index (Phi) is 2.18. The number of rotatable bonds is 2. The van der Waals surface area contributed by atoms with Crippen molar-refractivity contribution in [2.24, 2.45) is 0 Å². The minimum atomic E-state index is 0.489. The molecule has 6 heteroatoms. The van der Waals surface area contributed by atoms with Gasteiger partial charge in [0.25, 0.3) is 0 Å². The van der Waals surface area contributed by atoms with Crippen LogP contribution in [0.1, 0.15) is 24.5 Å². The lowest BCUT2D eigenvalue weighted by Gasteiger charge is -2.19. The highest BCUT2D eigenvalue weighted by Crippen LogP contribution is 2.43. The summed E-state index contributed by atoms with van der Waals surface area (Å²) in [7, 11) is 0. The number of nitrogens with two attached hydrogens (primary N) is 1. The summed E-state index contributed by atoms with van der Waals surface area (Å²) in [6, 6.07) is 5.78. The first-order valence-electron chi connectivity index (χ1n) is 6.44. The molecule has 1 aliphatic heterocycles. The first-order valence-corrected chi connectivity index (χ1v) is 6.44. The normalized spacial score (nSPS) is 17.5.